The van der Waals surface area contributed by atoms with Gasteiger partial charge in [-0.05, 0) is 0 Å². The van der Waals surface area contributed by atoms with E-state index in [1.54, 1.807) is 18.7 Å². The summed E-state index contributed by atoms with van der Waals surface area (Å²) in [4.78, 5) is 0. The van der Waals surface area contributed by atoms with Crippen LogP contribution in [0, 0.1) is 0 Å². The zero-order chi connectivity index (χ0) is 9.40. The Morgan fingerprint density at radius 2 is 2.17 bits per heavy atom. The first-order valence-corrected chi connectivity index (χ1v) is 5.93. The second kappa shape index (κ2) is 8.24. The van der Waals surface area contributed by atoms with Crippen LogP contribution >= 0.6 is 24.0 Å². The number of thioether (sulfide) groups is 1. The minimum absolute atomic E-state index is 0.596. The molecule has 0 spiro atoms. The summed E-state index contributed by atoms with van der Waals surface area (Å²) < 4.78 is 6.40. The summed E-state index contributed by atoms with van der Waals surface area (Å²) in [6, 6.07) is 0. The molecule has 0 aliphatic carbocycles. The van der Waals surface area contributed by atoms with Crippen LogP contribution in [-0.2, 0) is 20.3 Å². The van der Waals surface area contributed by atoms with Gasteiger partial charge in [-0.3, -0.25) is 0 Å². The molecule has 0 aromatic rings. The zero-order valence-electron chi connectivity index (χ0n) is 7.41. The summed E-state index contributed by atoms with van der Waals surface area (Å²) in [7, 11) is 0. The first-order chi connectivity index (χ1) is 5.66. The van der Waals surface area contributed by atoms with Crippen molar-refractivity contribution in [3.8, 4) is 0 Å². The molecule has 4 heteroatoms. The van der Waals surface area contributed by atoms with E-state index in [2.05, 4.69) is 22.5 Å². The summed E-state index contributed by atoms with van der Waals surface area (Å²) in [6.07, 6.45) is 3.72. The second-order valence-corrected chi connectivity index (χ2v) is 4.84. The third-order valence-electron chi connectivity index (χ3n) is 1.19. The van der Waals surface area contributed by atoms with Crippen LogP contribution in [0.15, 0.2) is 0 Å². The summed E-state index contributed by atoms with van der Waals surface area (Å²) in [6.45, 7) is 3.99. The van der Waals surface area contributed by atoms with E-state index in [0.717, 1.165) is 5.75 Å². The van der Waals surface area contributed by atoms with Gasteiger partial charge in [0.05, 0.1) is 0 Å². The van der Waals surface area contributed by atoms with Gasteiger partial charge in [-0.25, -0.2) is 0 Å². The summed E-state index contributed by atoms with van der Waals surface area (Å²) in [5, 5.41) is 0. The average molecular weight is 246 g/mol. The molecule has 12 heavy (non-hydrogen) atoms. The monoisotopic (exact) mass is 246 g/mol. The number of unbranched alkanes of at least 4 members (excludes halogenated alkanes) is 2. The first-order valence-electron chi connectivity index (χ1n) is 3.99. The van der Waals surface area contributed by atoms with Crippen molar-refractivity contribution in [3.05, 3.63) is 0 Å². The van der Waals surface area contributed by atoms with Gasteiger partial charge in [0, 0.05) is 0 Å². The van der Waals surface area contributed by atoms with Crippen LogP contribution in [0.25, 0.3) is 0 Å². The van der Waals surface area contributed by atoms with Crippen molar-refractivity contribution >= 4 is 33.0 Å². The van der Waals surface area contributed by atoms with E-state index in [4.69, 9.17) is 17.0 Å². The predicted molar refractivity (Wildman–Crippen MR) is 56.3 cm³/mol. The van der Waals surface area contributed by atoms with E-state index in [0.29, 0.717) is 8.99 Å². The molecule has 0 fully saturated rings. The van der Waals surface area contributed by atoms with Crippen molar-refractivity contribution in [2.24, 2.45) is 0 Å². The van der Waals surface area contributed by atoms with Crippen LogP contribution in [0.3, 0.4) is 0 Å². The maximum absolute atomic E-state index is 5.13. The molecule has 0 unspecified atom stereocenters. The molecule has 0 aliphatic heterocycles. The van der Waals surface area contributed by atoms with Gasteiger partial charge in [0.15, 0.2) is 0 Å². The third-order valence-corrected chi connectivity index (χ3v) is 2.55. The Morgan fingerprint density at radius 1 is 1.50 bits per heavy atom. The molecule has 0 radical (unpaired) electrons. The number of hydrogen-bond donors (Lipinski definition) is 0. The van der Waals surface area contributed by atoms with Gasteiger partial charge in [-0.2, -0.15) is 0 Å². The Balaban J connectivity index is 3.26. The standard InChI is InChI=1S/C8H14OS2.Fe/c1-3-5-6-7-11-8(10)9-4-2;/h3,5-7H2,1-2H3;/q;+1. The molecule has 0 amide bonds. The molecular formula is C8H14FeOS2+. The van der Waals surface area contributed by atoms with Gasteiger partial charge in [-0.1, -0.05) is 0 Å². The van der Waals surface area contributed by atoms with Crippen molar-refractivity contribution in [2.45, 2.75) is 33.1 Å². The number of rotatable bonds is 5. The van der Waals surface area contributed by atoms with Gasteiger partial charge in [0.25, 0.3) is 0 Å². The predicted octanol–water partition coefficient (Wildman–Crippen LogP) is 2.91. The summed E-state index contributed by atoms with van der Waals surface area (Å²) in [5.41, 5.74) is 0. The van der Waals surface area contributed by atoms with E-state index in [-0.39, 0.29) is 0 Å². The zero-order valence-corrected chi connectivity index (χ0v) is 10.1. The van der Waals surface area contributed by atoms with Gasteiger partial charge < -0.3 is 0 Å². The fraction of sp³-hybridized carbons (Fsp3) is 0.750. The Hall–Kier alpha value is 0.629. The molecule has 0 heterocycles. The van der Waals surface area contributed by atoms with E-state index in [1.165, 1.54) is 19.3 Å². The van der Waals surface area contributed by atoms with Crippen molar-refractivity contribution in [1.29, 1.82) is 0 Å². The Labute approximate surface area is 92.0 Å². The first kappa shape index (κ1) is 12.6. The van der Waals surface area contributed by atoms with Crippen molar-refractivity contribution in [1.82, 2.24) is 0 Å². The minimum atomic E-state index is 0.596. The van der Waals surface area contributed by atoms with Crippen LogP contribution in [0.5, 0.6) is 0 Å². The fourth-order valence-electron chi connectivity index (χ4n) is 0.650. The van der Waals surface area contributed by atoms with E-state index < -0.39 is 0 Å². The third kappa shape index (κ3) is 8.72. The van der Waals surface area contributed by atoms with Crippen LogP contribution < -0.4 is 0 Å². The molecule has 0 aromatic heterocycles. The molecule has 71 valence electrons. The molecule has 1 nitrogen and oxygen atoms in total. The fourth-order valence-corrected chi connectivity index (χ4v) is 1.98. The molecule has 0 saturated carbocycles. The number of thiocarbonyl (C=S) groups is 1. The SMILES string of the molecule is CCCCCSC(=S)O[C](C)=[Fe+]. The average Bonchev–Trinajstić information content (AvgIpc) is 1.97. The number of ether oxygens (including phenoxy) is 1. The van der Waals surface area contributed by atoms with Gasteiger partial charge in [-0.15, -0.1) is 0 Å². The topological polar surface area (TPSA) is 9.23 Å². The van der Waals surface area contributed by atoms with E-state index in [1.807, 2.05) is 0 Å². The molecule has 0 rings (SSSR count). The summed E-state index contributed by atoms with van der Waals surface area (Å²) in [5.74, 6) is 1.06. The van der Waals surface area contributed by atoms with Crippen molar-refractivity contribution in [2.75, 3.05) is 5.75 Å². The Bertz CT molecular complexity index is 159. The van der Waals surface area contributed by atoms with Crippen molar-refractivity contribution in [3.63, 3.8) is 0 Å². The quantitative estimate of drug-likeness (QED) is 0.419. The summed E-state index contributed by atoms with van der Waals surface area (Å²) >= 11 is 10.2. The normalized spacial score (nSPS) is 9.50. The second-order valence-electron chi connectivity index (χ2n) is 2.36. The van der Waals surface area contributed by atoms with E-state index >= 15 is 0 Å². The Kier molecular flexibility index (Phi) is 8.67. The van der Waals surface area contributed by atoms with E-state index in [9.17, 15) is 0 Å². The van der Waals surface area contributed by atoms with Crippen LogP contribution in [0.4, 0.5) is 0 Å². The molecule has 0 N–H and O–H groups in total. The van der Waals surface area contributed by atoms with Gasteiger partial charge in [0.2, 0.25) is 0 Å². The molecule has 0 bridgehead atoms. The molecule has 0 aromatic carbocycles. The van der Waals surface area contributed by atoms with Crippen LogP contribution in [0.1, 0.15) is 33.1 Å². The maximum atomic E-state index is 5.13. The molecule has 0 atom stereocenters. The van der Waals surface area contributed by atoms with Gasteiger partial charge in [0.1, 0.15) is 0 Å². The molecule has 0 aliphatic rings. The molecular weight excluding hydrogens is 232 g/mol. The van der Waals surface area contributed by atoms with Crippen LogP contribution in [-0.4, -0.2) is 14.7 Å². The number of hydrogen-bond acceptors (Lipinski definition) is 3. The molecule has 0 saturated heterocycles. The van der Waals surface area contributed by atoms with Crippen LogP contribution in [0.2, 0.25) is 0 Å². The Morgan fingerprint density at radius 3 is 2.67 bits per heavy atom. The van der Waals surface area contributed by atoms with Crippen molar-refractivity contribution < 1.29 is 20.3 Å². The van der Waals surface area contributed by atoms with Gasteiger partial charge >= 0.3 is 92.1 Å².